The quantitative estimate of drug-likeness (QED) is 0.801. The summed E-state index contributed by atoms with van der Waals surface area (Å²) in [5.41, 5.74) is 1.38. The van der Waals surface area contributed by atoms with Crippen molar-refractivity contribution in [1.29, 1.82) is 0 Å². The van der Waals surface area contributed by atoms with Crippen LogP contribution in [0.15, 0.2) is 42.7 Å². The third-order valence-electron chi connectivity index (χ3n) is 5.23. The molecule has 0 aliphatic carbocycles. The summed E-state index contributed by atoms with van der Waals surface area (Å²) in [6.45, 7) is 10.8. The molecule has 0 bridgehead atoms. The van der Waals surface area contributed by atoms with Crippen LogP contribution in [0.2, 0.25) is 0 Å². The molecule has 1 aliphatic heterocycles. The first-order chi connectivity index (χ1) is 12.6. The fourth-order valence-corrected chi connectivity index (χ4v) is 3.61. The van der Waals surface area contributed by atoms with Gasteiger partial charge in [0.05, 0.1) is 0 Å². The second kappa shape index (κ2) is 8.49. The molecule has 1 aliphatic rings. The van der Waals surface area contributed by atoms with E-state index < -0.39 is 0 Å². The molecule has 1 saturated heterocycles. The molecule has 1 amide bonds. The van der Waals surface area contributed by atoms with E-state index >= 15 is 0 Å². The topological polar surface area (TPSA) is 41.4 Å². The smallest absolute Gasteiger partial charge is 0.245 e. The van der Waals surface area contributed by atoms with Crippen molar-refractivity contribution in [1.82, 2.24) is 19.4 Å². The lowest BCUT2D eigenvalue weighted by atomic mass is 10.1. The number of rotatable bonds is 6. The summed E-state index contributed by atoms with van der Waals surface area (Å²) in [7, 11) is 0. The normalized spacial score (nSPS) is 16.8. The van der Waals surface area contributed by atoms with Gasteiger partial charge in [0, 0.05) is 51.0 Å². The Morgan fingerprint density at radius 3 is 2.42 bits per heavy atom. The minimum absolute atomic E-state index is 0.189. The van der Waals surface area contributed by atoms with Crippen LogP contribution in [0.3, 0.4) is 0 Å². The maximum Gasteiger partial charge on any atom is 0.245 e. The van der Waals surface area contributed by atoms with Crippen molar-refractivity contribution >= 4 is 5.91 Å². The Bertz CT molecular complexity index is 702. The van der Waals surface area contributed by atoms with Crippen LogP contribution in [-0.4, -0.2) is 58.0 Å². The molecule has 0 spiro atoms. The minimum atomic E-state index is -0.189. The van der Waals surface area contributed by atoms with Crippen molar-refractivity contribution in [2.75, 3.05) is 32.7 Å². The molecule has 0 N–H and O–H groups in total. The Balaban J connectivity index is 1.51. The van der Waals surface area contributed by atoms with E-state index in [9.17, 15) is 4.79 Å². The van der Waals surface area contributed by atoms with Crippen LogP contribution in [0.1, 0.15) is 44.1 Å². The average Bonchev–Trinajstić information content (AvgIpc) is 3.16. The minimum Gasteiger partial charge on any atom is -0.338 e. The first-order valence-corrected chi connectivity index (χ1v) is 9.64. The van der Waals surface area contributed by atoms with Gasteiger partial charge in [0.2, 0.25) is 5.91 Å². The molecule has 2 aromatic rings. The van der Waals surface area contributed by atoms with Crippen molar-refractivity contribution in [2.24, 2.45) is 0 Å². The number of benzene rings is 1. The first-order valence-electron chi connectivity index (χ1n) is 9.64. The lowest BCUT2D eigenvalue weighted by Gasteiger charge is -2.36. The standard InChI is InChI=1S/C21H30N4O/c1-17(2)20-22-10-12-25(20)18(3)21(26)24-15-13-23(14-16-24)11-9-19-7-5-4-6-8-19/h4-8,10,12,17-18H,9,11,13-16H2,1-3H3. The fourth-order valence-electron chi connectivity index (χ4n) is 3.61. The molecule has 1 unspecified atom stereocenters. The summed E-state index contributed by atoms with van der Waals surface area (Å²) >= 11 is 0. The van der Waals surface area contributed by atoms with Gasteiger partial charge in [-0.05, 0) is 18.9 Å². The number of carbonyl (C=O) groups excluding carboxylic acids is 1. The highest BCUT2D eigenvalue weighted by atomic mass is 16.2. The largest absolute Gasteiger partial charge is 0.338 e. The van der Waals surface area contributed by atoms with Gasteiger partial charge in [0.1, 0.15) is 11.9 Å². The maximum atomic E-state index is 12.9. The van der Waals surface area contributed by atoms with Gasteiger partial charge in [0.15, 0.2) is 0 Å². The number of piperazine rings is 1. The van der Waals surface area contributed by atoms with Crippen molar-refractivity contribution < 1.29 is 4.79 Å². The summed E-state index contributed by atoms with van der Waals surface area (Å²) in [5.74, 6) is 1.50. The molecule has 26 heavy (non-hydrogen) atoms. The number of hydrogen-bond donors (Lipinski definition) is 0. The predicted octanol–water partition coefficient (Wildman–Crippen LogP) is 2.95. The summed E-state index contributed by atoms with van der Waals surface area (Å²) in [5, 5.41) is 0. The van der Waals surface area contributed by atoms with Crippen molar-refractivity contribution in [3.63, 3.8) is 0 Å². The molecular weight excluding hydrogens is 324 g/mol. The van der Waals surface area contributed by atoms with Crippen molar-refractivity contribution in [3.8, 4) is 0 Å². The van der Waals surface area contributed by atoms with Gasteiger partial charge >= 0.3 is 0 Å². The van der Waals surface area contributed by atoms with Crippen LogP contribution >= 0.6 is 0 Å². The highest BCUT2D eigenvalue weighted by Gasteiger charge is 2.27. The zero-order chi connectivity index (χ0) is 18.5. The summed E-state index contributed by atoms with van der Waals surface area (Å²) in [6, 6.07) is 10.4. The Morgan fingerprint density at radius 2 is 1.77 bits per heavy atom. The van der Waals surface area contributed by atoms with Gasteiger partial charge in [-0.25, -0.2) is 4.98 Å². The van der Waals surface area contributed by atoms with E-state index in [-0.39, 0.29) is 11.9 Å². The van der Waals surface area contributed by atoms with E-state index in [0.29, 0.717) is 5.92 Å². The van der Waals surface area contributed by atoms with Crippen LogP contribution in [-0.2, 0) is 11.2 Å². The van der Waals surface area contributed by atoms with Gasteiger partial charge in [0.25, 0.3) is 0 Å². The van der Waals surface area contributed by atoms with E-state index in [1.807, 2.05) is 22.6 Å². The molecular formula is C21H30N4O. The summed E-state index contributed by atoms with van der Waals surface area (Å²) in [6.07, 6.45) is 4.78. The van der Waals surface area contributed by atoms with Crippen molar-refractivity contribution in [3.05, 3.63) is 54.1 Å². The molecule has 5 heteroatoms. The number of imidazole rings is 1. The van der Waals surface area contributed by atoms with E-state index in [0.717, 1.165) is 45.0 Å². The van der Waals surface area contributed by atoms with E-state index in [2.05, 4.69) is 54.1 Å². The highest BCUT2D eigenvalue weighted by molar-refractivity contribution is 5.80. The lowest BCUT2D eigenvalue weighted by molar-refractivity contribution is -0.136. The third-order valence-corrected chi connectivity index (χ3v) is 5.23. The lowest BCUT2D eigenvalue weighted by Crippen LogP contribution is -2.50. The Morgan fingerprint density at radius 1 is 1.08 bits per heavy atom. The van der Waals surface area contributed by atoms with Gasteiger partial charge < -0.3 is 9.47 Å². The molecule has 0 saturated carbocycles. The molecule has 5 nitrogen and oxygen atoms in total. The van der Waals surface area contributed by atoms with Crippen molar-refractivity contribution in [2.45, 2.75) is 39.2 Å². The van der Waals surface area contributed by atoms with Crippen LogP contribution in [0.5, 0.6) is 0 Å². The van der Waals surface area contributed by atoms with Crippen LogP contribution < -0.4 is 0 Å². The third kappa shape index (κ3) is 4.33. The van der Waals surface area contributed by atoms with Gasteiger partial charge in [-0.15, -0.1) is 0 Å². The molecule has 2 heterocycles. The maximum absolute atomic E-state index is 12.9. The second-order valence-electron chi connectivity index (χ2n) is 7.43. The fraction of sp³-hybridized carbons (Fsp3) is 0.524. The molecule has 1 aromatic heterocycles. The zero-order valence-corrected chi connectivity index (χ0v) is 16.1. The van der Waals surface area contributed by atoms with E-state index in [1.165, 1.54) is 5.56 Å². The number of hydrogen-bond acceptors (Lipinski definition) is 3. The number of nitrogens with zero attached hydrogens (tertiary/aromatic N) is 4. The van der Waals surface area contributed by atoms with Gasteiger partial charge in [-0.3, -0.25) is 9.69 Å². The van der Waals surface area contributed by atoms with E-state index in [4.69, 9.17) is 0 Å². The van der Waals surface area contributed by atoms with Gasteiger partial charge in [-0.1, -0.05) is 44.2 Å². The molecule has 3 rings (SSSR count). The summed E-state index contributed by atoms with van der Waals surface area (Å²) < 4.78 is 2.02. The number of aromatic nitrogens is 2. The SMILES string of the molecule is CC(C)c1nccn1C(C)C(=O)N1CCN(CCc2ccccc2)CC1. The first kappa shape index (κ1) is 18.6. The van der Waals surface area contributed by atoms with Crippen LogP contribution in [0.25, 0.3) is 0 Å². The Labute approximate surface area is 156 Å². The highest BCUT2D eigenvalue weighted by Crippen LogP contribution is 2.19. The molecule has 0 radical (unpaired) electrons. The van der Waals surface area contributed by atoms with Crippen LogP contribution in [0.4, 0.5) is 0 Å². The molecule has 1 fully saturated rings. The number of carbonyl (C=O) groups is 1. The van der Waals surface area contributed by atoms with Gasteiger partial charge in [-0.2, -0.15) is 0 Å². The molecule has 140 valence electrons. The van der Waals surface area contributed by atoms with Crippen LogP contribution in [0, 0.1) is 0 Å². The Kier molecular flexibility index (Phi) is 6.09. The Hall–Kier alpha value is -2.14. The average molecular weight is 354 g/mol. The predicted molar refractivity (Wildman–Crippen MR) is 104 cm³/mol. The van der Waals surface area contributed by atoms with E-state index in [1.54, 1.807) is 6.20 Å². The summed E-state index contributed by atoms with van der Waals surface area (Å²) in [4.78, 5) is 21.8. The second-order valence-corrected chi connectivity index (χ2v) is 7.43. The molecule has 1 atom stereocenters. The molecule has 1 aromatic carbocycles. The number of amides is 1. The monoisotopic (exact) mass is 354 g/mol. The zero-order valence-electron chi connectivity index (χ0n) is 16.1.